The molecule has 41 heavy (non-hydrogen) atoms. The SMILES string of the molecule is CC(C)C[C@H](NC(=O)OCc1ccccc1)C(=O)N[C@@H](CC(C)C)C(=O)N[C@@H](Cc1ccc(O)cc1)C(=O)C(N)N. The zero-order valence-electron chi connectivity index (χ0n) is 24.1. The lowest BCUT2D eigenvalue weighted by atomic mass is 9.98. The van der Waals surface area contributed by atoms with Gasteiger partial charge >= 0.3 is 6.09 Å². The lowest BCUT2D eigenvalue weighted by Gasteiger charge is -2.27. The minimum absolute atomic E-state index is 0.0152. The van der Waals surface area contributed by atoms with Gasteiger partial charge in [-0.05, 0) is 54.4 Å². The maximum absolute atomic E-state index is 13.4. The van der Waals surface area contributed by atoms with Crippen molar-refractivity contribution in [2.24, 2.45) is 23.3 Å². The van der Waals surface area contributed by atoms with Crippen molar-refractivity contribution in [3.8, 4) is 5.75 Å². The van der Waals surface area contributed by atoms with E-state index < -0.39 is 48.0 Å². The number of nitrogens with two attached hydrogens (primary N) is 2. The number of rotatable bonds is 15. The Hall–Kier alpha value is -3.96. The van der Waals surface area contributed by atoms with E-state index >= 15 is 0 Å². The summed E-state index contributed by atoms with van der Waals surface area (Å²) in [4.78, 5) is 52.0. The van der Waals surface area contributed by atoms with E-state index in [1.807, 2.05) is 58.0 Å². The summed E-state index contributed by atoms with van der Waals surface area (Å²) >= 11 is 0. The molecule has 11 nitrogen and oxygen atoms in total. The van der Waals surface area contributed by atoms with Crippen LogP contribution in [0.25, 0.3) is 0 Å². The van der Waals surface area contributed by atoms with Gasteiger partial charge in [-0.1, -0.05) is 70.2 Å². The molecule has 224 valence electrons. The molecule has 0 saturated heterocycles. The van der Waals surface area contributed by atoms with Gasteiger partial charge in [-0.2, -0.15) is 0 Å². The highest BCUT2D eigenvalue weighted by Gasteiger charge is 2.31. The Bertz CT molecular complexity index is 1140. The maximum atomic E-state index is 13.4. The number of hydrogen-bond acceptors (Lipinski definition) is 8. The van der Waals surface area contributed by atoms with Crippen LogP contribution in [0.2, 0.25) is 0 Å². The highest BCUT2D eigenvalue weighted by atomic mass is 16.5. The second-order valence-corrected chi connectivity index (χ2v) is 10.9. The van der Waals surface area contributed by atoms with Gasteiger partial charge in [-0.15, -0.1) is 0 Å². The lowest BCUT2D eigenvalue weighted by molar-refractivity contribution is -0.132. The van der Waals surface area contributed by atoms with Crippen molar-refractivity contribution in [1.82, 2.24) is 16.0 Å². The summed E-state index contributed by atoms with van der Waals surface area (Å²) < 4.78 is 5.29. The molecule has 0 heterocycles. The molecular weight excluding hydrogens is 526 g/mol. The number of ether oxygens (including phenoxy) is 1. The highest BCUT2D eigenvalue weighted by molar-refractivity contribution is 5.95. The van der Waals surface area contributed by atoms with Crippen LogP contribution >= 0.6 is 0 Å². The normalized spacial score (nSPS) is 13.4. The first-order valence-corrected chi connectivity index (χ1v) is 13.8. The van der Waals surface area contributed by atoms with Gasteiger partial charge in [0, 0.05) is 0 Å². The number of nitrogens with one attached hydrogen (secondary N) is 3. The molecule has 0 bridgehead atoms. The zero-order valence-corrected chi connectivity index (χ0v) is 24.1. The average molecular weight is 570 g/mol. The van der Waals surface area contributed by atoms with Gasteiger partial charge in [0.05, 0.1) is 6.04 Å². The number of carbonyl (C=O) groups excluding carboxylic acids is 4. The molecule has 0 fully saturated rings. The molecule has 2 aromatic rings. The largest absolute Gasteiger partial charge is 0.508 e. The average Bonchev–Trinajstić information content (AvgIpc) is 2.91. The summed E-state index contributed by atoms with van der Waals surface area (Å²) in [6.07, 6.45) is -1.40. The smallest absolute Gasteiger partial charge is 0.408 e. The van der Waals surface area contributed by atoms with Crippen LogP contribution in [0.5, 0.6) is 5.75 Å². The highest BCUT2D eigenvalue weighted by Crippen LogP contribution is 2.14. The molecule has 8 N–H and O–H groups in total. The van der Waals surface area contributed by atoms with Crippen molar-refractivity contribution in [3.05, 3.63) is 65.7 Å². The predicted molar refractivity (Wildman–Crippen MR) is 155 cm³/mol. The van der Waals surface area contributed by atoms with Crippen LogP contribution in [-0.2, 0) is 32.1 Å². The third-order valence-electron chi connectivity index (χ3n) is 6.23. The Morgan fingerprint density at radius 1 is 0.732 bits per heavy atom. The number of hydrogen-bond donors (Lipinski definition) is 6. The molecule has 0 aliphatic carbocycles. The quantitative estimate of drug-likeness (QED) is 0.176. The van der Waals surface area contributed by atoms with Gasteiger partial charge < -0.3 is 37.3 Å². The van der Waals surface area contributed by atoms with Crippen molar-refractivity contribution in [3.63, 3.8) is 0 Å². The van der Waals surface area contributed by atoms with Crippen LogP contribution in [0.4, 0.5) is 4.79 Å². The second kappa shape index (κ2) is 16.3. The van der Waals surface area contributed by atoms with E-state index in [1.54, 1.807) is 12.1 Å². The molecule has 0 radical (unpaired) electrons. The van der Waals surface area contributed by atoms with Gasteiger partial charge in [0.25, 0.3) is 0 Å². The van der Waals surface area contributed by atoms with E-state index in [4.69, 9.17) is 16.2 Å². The first-order valence-electron chi connectivity index (χ1n) is 13.8. The fraction of sp³-hybridized carbons (Fsp3) is 0.467. The molecule has 0 aromatic heterocycles. The Balaban J connectivity index is 2.15. The first-order chi connectivity index (χ1) is 19.3. The number of amides is 3. The summed E-state index contributed by atoms with van der Waals surface area (Å²) in [5, 5.41) is 17.6. The standard InChI is InChI=1S/C30H43N5O6/c1-18(2)14-24(28(38)33-23(26(37)27(31)32)16-20-10-12-22(36)13-11-20)34-29(39)25(15-19(3)4)35-30(40)41-17-21-8-6-5-7-9-21/h5-13,18-19,23-25,27,36H,14-17,31-32H2,1-4H3,(H,33,38)(H,34,39)(H,35,40)/t23-,24-,25-/m0/s1. The minimum Gasteiger partial charge on any atom is -0.508 e. The van der Waals surface area contributed by atoms with Gasteiger partial charge in [0.1, 0.15) is 30.6 Å². The molecule has 11 heteroatoms. The van der Waals surface area contributed by atoms with E-state index in [0.29, 0.717) is 12.0 Å². The first kappa shape index (κ1) is 33.2. The van der Waals surface area contributed by atoms with Crippen LogP contribution < -0.4 is 27.4 Å². The monoisotopic (exact) mass is 569 g/mol. The molecule has 0 aliphatic heterocycles. The summed E-state index contributed by atoms with van der Waals surface area (Å²) in [5.41, 5.74) is 12.7. The molecule has 2 aromatic carbocycles. The van der Waals surface area contributed by atoms with Crippen LogP contribution in [0.3, 0.4) is 0 Å². The molecule has 0 aliphatic rings. The van der Waals surface area contributed by atoms with Crippen LogP contribution in [0, 0.1) is 11.8 Å². The molecule has 0 unspecified atom stereocenters. The Morgan fingerprint density at radius 2 is 1.24 bits per heavy atom. The van der Waals surface area contributed by atoms with E-state index in [2.05, 4.69) is 16.0 Å². The number of aromatic hydroxyl groups is 1. The molecule has 2 rings (SSSR count). The van der Waals surface area contributed by atoms with Crippen molar-refractivity contribution >= 4 is 23.7 Å². The van der Waals surface area contributed by atoms with Gasteiger partial charge in [0.15, 0.2) is 5.78 Å². The fourth-order valence-corrected chi connectivity index (χ4v) is 4.18. The Labute approximate surface area is 241 Å². The minimum atomic E-state index is -1.32. The third-order valence-corrected chi connectivity index (χ3v) is 6.23. The number of phenols is 1. The molecule has 0 saturated carbocycles. The van der Waals surface area contributed by atoms with Crippen LogP contribution in [0.1, 0.15) is 51.7 Å². The number of phenolic OH excluding ortho intramolecular Hbond substituents is 1. The zero-order chi connectivity index (χ0) is 30.5. The lowest BCUT2D eigenvalue weighted by Crippen LogP contribution is -2.58. The second-order valence-electron chi connectivity index (χ2n) is 10.9. The Kier molecular flexibility index (Phi) is 13.2. The molecular formula is C30H43N5O6. The predicted octanol–water partition coefficient (Wildman–Crippen LogP) is 2.10. The van der Waals surface area contributed by atoms with E-state index in [-0.39, 0.29) is 37.0 Å². The molecule has 3 atom stereocenters. The summed E-state index contributed by atoms with van der Waals surface area (Å²) in [6.45, 7) is 7.65. The maximum Gasteiger partial charge on any atom is 0.408 e. The van der Waals surface area contributed by atoms with E-state index in [1.165, 1.54) is 12.1 Å². The number of benzene rings is 2. The van der Waals surface area contributed by atoms with Crippen molar-refractivity contribution in [1.29, 1.82) is 0 Å². The van der Waals surface area contributed by atoms with E-state index in [0.717, 1.165) is 5.56 Å². The number of Topliss-reactive ketones (excluding diaryl/α,β-unsaturated/α-hetero) is 1. The van der Waals surface area contributed by atoms with Crippen LogP contribution in [0.15, 0.2) is 54.6 Å². The van der Waals surface area contributed by atoms with Gasteiger partial charge in [0.2, 0.25) is 11.8 Å². The number of carbonyl (C=O) groups is 4. The number of alkyl carbamates (subject to hydrolysis) is 1. The summed E-state index contributed by atoms with van der Waals surface area (Å²) in [6, 6.07) is 12.3. The van der Waals surface area contributed by atoms with Gasteiger partial charge in [-0.3, -0.25) is 14.4 Å². The third kappa shape index (κ3) is 12.0. The van der Waals surface area contributed by atoms with Crippen molar-refractivity contribution in [2.75, 3.05) is 0 Å². The van der Waals surface area contributed by atoms with Crippen molar-refractivity contribution < 1.29 is 29.0 Å². The Morgan fingerprint density at radius 3 is 1.76 bits per heavy atom. The van der Waals surface area contributed by atoms with E-state index in [9.17, 15) is 24.3 Å². The summed E-state index contributed by atoms with van der Waals surface area (Å²) in [7, 11) is 0. The fourth-order valence-electron chi connectivity index (χ4n) is 4.18. The molecule has 0 spiro atoms. The summed E-state index contributed by atoms with van der Waals surface area (Å²) in [5.74, 6) is -1.59. The van der Waals surface area contributed by atoms with Gasteiger partial charge in [-0.25, -0.2) is 4.79 Å². The topological polar surface area (TPSA) is 186 Å². The molecule has 3 amide bonds. The van der Waals surface area contributed by atoms with Crippen LogP contribution in [-0.4, -0.2) is 53.1 Å². The number of ketones is 1. The van der Waals surface area contributed by atoms with Crippen molar-refractivity contribution in [2.45, 2.75) is 77.9 Å².